The molecular weight excluding hydrogens is 261 g/mol. The third kappa shape index (κ3) is 3.55. The second-order valence-corrected chi connectivity index (χ2v) is 4.15. The lowest BCUT2D eigenvalue weighted by atomic mass is 10.1. The molecule has 1 N–H and O–H groups in total. The summed E-state index contributed by atoms with van der Waals surface area (Å²) in [6.07, 6.45) is 0. The Morgan fingerprint density at radius 2 is 2.27 bits per heavy atom. The molecule has 15 heavy (non-hydrogen) atoms. The molecule has 0 aliphatic rings. The van der Waals surface area contributed by atoms with Crippen molar-refractivity contribution in [2.45, 2.75) is 13.0 Å². The number of rotatable bonds is 5. The van der Waals surface area contributed by atoms with Crippen molar-refractivity contribution in [2.24, 2.45) is 0 Å². The van der Waals surface area contributed by atoms with E-state index in [0.29, 0.717) is 12.2 Å². The van der Waals surface area contributed by atoms with Crippen LogP contribution in [0.4, 0.5) is 4.39 Å². The number of halogens is 2. The lowest BCUT2D eigenvalue weighted by Gasteiger charge is -2.18. The summed E-state index contributed by atoms with van der Waals surface area (Å²) in [5.74, 6) is -0.215. The third-order valence-electron chi connectivity index (χ3n) is 2.12. The van der Waals surface area contributed by atoms with Gasteiger partial charge in [-0.25, -0.2) is 4.39 Å². The molecule has 1 aromatic rings. The quantitative estimate of drug-likeness (QED) is 0.892. The molecule has 1 unspecified atom stereocenters. The first kappa shape index (κ1) is 12.6. The summed E-state index contributed by atoms with van der Waals surface area (Å²) in [5.41, 5.74) is 0.641. The van der Waals surface area contributed by atoms with Crippen LogP contribution in [0.5, 0.6) is 0 Å². The Labute approximate surface area is 98.0 Å². The van der Waals surface area contributed by atoms with E-state index in [4.69, 9.17) is 4.74 Å². The summed E-state index contributed by atoms with van der Waals surface area (Å²) in [7, 11) is 1.61. The Morgan fingerprint density at radius 3 is 2.80 bits per heavy atom. The average molecular weight is 276 g/mol. The van der Waals surface area contributed by atoms with E-state index in [1.165, 1.54) is 6.07 Å². The van der Waals surface area contributed by atoms with Gasteiger partial charge in [-0.05, 0) is 18.7 Å². The molecule has 0 fully saturated rings. The highest BCUT2D eigenvalue weighted by Crippen LogP contribution is 2.21. The van der Waals surface area contributed by atoms with E-state index >= 15 is 0 Å². The molecule has 0 radical (unpaired) electrons. The molecule has 4 heteroatoms. The number of methoxy groups -OCH3 is 1. The van der Waals surface area contributed by atoms with E-state index in [-0.39, 0.29) is 11.9 Å². The SMILES string of the molecule is CCNC(COC)c1ccc(Br)cc1F. The summed E-state index contributed by atoms with van der Waals surface area (Å²) in [6, 6.07) is 4.98. The zero-order valence-electron chi connectivity index (χ0n) is 8.89. The van der Waals surface area contributed by atoms with Gasteiger partial charge in [0.05, 0.1) is 12.6 Å². The molecule has 1 rings (SSSR count). The fourth-order valence-corrected chi connectivity index (χ4v) is 1.79. The number of likely N-dealkylation sites (N-methyl/N-ethyl adjacent to an activating group) is 1. The minimum atomic E-state index is -0.215. The largest absolute Gasteiger partial charge is 0.383 e. The van der Waals surface area contributed by atoms with Crippen molar-refractivity contribution >= 4 is 15.9 Å². The number of hydrogen-bond donors (Lipinski definition) is 1. The van der Waals surface area contributed by atoms with Crippen molar-refractivity contribution in [3.63, 3.8) is 0 Å². The van der Waals surface area contributed by atoms with Gasteiger partial charge in [-0.3, -0.25) is 0 Å². The van der Waals surface area contributed by atoms with Gasteiger partial charge in [-0.2, -0.15) is 0 Å². The summed E-state index contributed by atoms with van der Waals surface area (Å²) < 4.78 is 19.4. The first-order valence-corrected chi connectivity index (χ1v) is 5.65. The standard InChI is InChI=1S/C11H15BrFNO/c1-3-14-11(7-15-2)9-5-4-8(12)6-10(9)13/h4-6,11,14H,3,7H2,1-2H3. The van der Waals surface area contributed by atoms with Gasteiger partial charge in [0, 0.05) is 17.1 Å². The zero-order valence-corrected chi connectivity index (χ0v) is 10.5. The molecule has 0 saturated heterocycles. The monoisotopic (exact) mass is 275 g/mol. The molecule has 84 valence electrons. The van der Waals surface area contributed by atoms with Crippen molar-refractivity contribution < 1.29 is 9.13 Å². The fraction of sp³-hybridized carbons (Fsp3) is 0.455. The van der Waals surface area contributed by atoms with Crippen molar-refractivity contribution in [1.29, 1.82) is 0 Å². The van der Waals surface area contributed by atoms with Crippen LogP contribution >= 0.6 is 15.9 Å². The topological polar surface area (TPSA) is 21.3 Å². The van der Waals surface area contributed by atoms with Gasteiger partial charge in [0.2, 0.25) is 0 Å². The van der Waals surface area contributed by atoms with E-state index in [9.17, 15) is 4.39 Å². The predicted octanol–water partition coefficient (Wildman–Crippen LogP) is 2.89. The first-order chi connectivity index (χ1) is 7.19. The molecule has 0 aliphatic heterocycles. The maximum Gasteiger partial charge on any atom is 0.129 e. The Kier molecular flexibility index (Phi) is 5.22. The van der Waals surface area contributed by atoms with Gasteiger partial charge in [0.15, 0.2) is 0 Å². The molecule has 0 spiro atoms. The number of ether oxygens (including phenoxy) is 1. The lowest BCUT2D eigenvalue weighted by Crippen LogP contribution is -2.25. The summed E-state index contributed by atoms with van der Waals surface area (Å²) in [6.45, 7) is 3.23. The molecule has 1 atom stereocenters. The second kappa shape index (κ2) is 6.20. The third-order valence-corrected chi connectivity index (χ3v) is 2.62. The van der Waals surface area contributed by atoms with Gasteiger partial charge in [0.25, 0.3) is 0 Å². The zero-order chi connectivity index (χ0) is 11.3. The van der Waals surface area contributed by atoms with Crippen LogP contribution in [0.3, 0.4) is 0 Å². The van der Waals surface area contributed by atoms with E-state index < -0.39 is 0 Å². The van der Waals surface area contributed by atoms with Crippen molar-refractivity contribution in [3.05, 3.63) is 34.1 Å². The summed E-state index contributed by atoms with van der Waals surface area (Å²) >= 11 is 3.23. The predicted molar refractivity (Wildman–Crippen MR) is 62.4 cm³/mol. The fourth-order valence-electron chi connectivity index (χ4n) is 1.46. The lowest BCUT2D eigenvalue weighted by molar-refractivity contribution is 0.166. The second-order valence-electron chi connectivity index (χ2n) is 3.23. The molecule has 0 saturated carbocycles. The molecule has 0 heterocycles. The van der Waals surface area contributed by atoms with Gasteiger partial charge in [0.1, 0.15) is 5.82 Å². The Morgan fingerprint density at radius 1 is 1.53 bits per heavy atom. The average Bonchev–Trinajstić information content (AvgIpc) is 2.17. The molecule has 0 amide bonds. The Hall–Kier alpha value is -0.450. The first-order valence-electron chi connectivity index (χ1n) is 4.86. The Bertz CT molecular complexity index is 313. The number of nitrogens with one attached hydrogen (secondary N) is 1. The van der Waals surface area contributed by atoms with Crippen LogP contribution in [0, 0.1) is 5.82 Å². The highest BCUT2D eigenvalue weighted by Gasteiger charge is 2.14. The van der Waals surface area contributed by atoms with Crippen molar-refractivity contribution in [1.82, 2.24) is 5.32 Å². The highest BCUT2D eigenvalue weighted by atomic mass is 79.9. The van der Waals surface area contributed by atoms with E-state index in [1.54, 1.807) is 13.2 Å². The van der Waals surface area contributed by atoms with Gasteiger partial charge < -0.3 is 10.1 Å². The Balaban J connectivity index is 2.89. The molecular formula is C11H15BrFNO. The van der Waals surface area contributed by atoms with Gasteiger partial charge >= 0.3 is 0 Å². The number of benzene rings is 1. The molecule has 1 aromatic carbocycles. The smallest absolute Gasteiger partial charge is 0.129 e. The maximum absolute atomic E-state index is 13.6. The molecule has 2 nitrogen and oxygen atoms in total. The van der Waals surface area contributed by atoms with Crippen molar-refractivity contribution in [2.75, 3.05) is 20.3 Å². The van der Waals surface area contributed by atoms with Crippen LogP contribution in [0.1, 0.15) is 18.5 Å². The van der Waals surface area contributed by atoms with Gasteiger partial charge in [-0.1, -0.05) is 28.9 Å². The summed E-state index contributed by atoms with van der Waals surface area (Å²) in [5, 5.41) is 3.18. The minimum absolute atomic E-state index is 0.0897. The van der Waals surface area contributed by atoms with Gasteiger partial charge in [-0.15, -0.1) is 0 Å². The number of hydrogen-bond acceptors (Lipinski definition) is 2. The van der Waals surface area contributed by atoms with E-state index in [1.807, 2.05) is 13.0 Å². The van der Waals surface area contributed by atoms with Crippen LogP contribution in [-0.4, -0.2) is 20.3 Å². The summed E-state index contributed by atoms with van der Waals surface area (Å²) in [4.78, 5) is 0. The van der Waals surface area contributed by atoms with Crippen molar-refractivity contribution in [3.8, 4) is 0 Å². The van der Waals surface area contributed by atoms with Crippen LogP contribution in [0.2, 0.25) is 0 Å². The van der Waals surface area contributed by atoms with Crippen LogP contribution in [-0.2, 0) is 4.74 Å². The van der Waals surface area contributed by atoms with Crippen LogP contribution in [0.25, 0.3) is 0 Å². The minimum Gasteiger partial charge on any atom is -0.383 e. The molecule has 0 bridgehead atoms. The molecule has 0 aromatic heterocycles. The van der Waals surface area contributed by atoms with Crippen LogP contribution < -0.4 is 5.32 Å². The highest BCUT2D eigenvalue weighted by molar-refractivity contribution is 9.10. The molecule has 0 aliphatic carbocycles. The normalized spacial score (nSPS) is 12.8. The van der Waals surface area contributed by atoms with E-state index in [0.717, 1.165) is 11.0 Å². The van der Waals surface area contributed by atoms with E-state index in [2.05, 4.69) is 21.2 Å². The maximum atomic E-state index is 13.6. The van der Waals surface area contributed by atoms with Crippen LogP contribution in [0.15, 0.2) is 22.7 Å².